The van der Waals surface area contributed by atoms with Crippen molar-refractivity contribution in [2.24, 2.45) is 0 Å². The highest BCUT2D eigenvalue weighted by Gasteiger charge is 2.07. The maximum atomic E-state index is 11.7. The summed E-state index contributed by atoms with van der Waals surface area (Å²) in [5, 5.41) is 1.96. The number of halogens is 2. The third kappa shape index (κ3) is 3.63. The molecule has 0 saturated heterocycles. The Bertz CT molecular complexity index is 457. The van der Waals surface area contributed by atoms with Gasteiger partial charge in [0.15, 0.2) is 0 Å². The summed E-state index contributed by atoms with van der Waals surface area (Å²) < 4.78 is 16.1. The van der Waals surface area contributed by atoms with Crippen LogP contribution in [0, 0.1) is 0 Å². The van der Waals surface area contributed by atoms with Gasteiger partial charge in [-0.25, -0.2) is 9.00 Å². The molecule has 0 fully saturated rings. The lowest BCUT2D eigenvalue weighted by Gasteiger charge is -2.00. The van der Waals surface area contributed by atoms with Crippen molar-refractivity contribution in [1.29, 1.82) is 0 Å². The third-order valence-electron chi connectivity index (χ3n) is 1.64. The number of esters is 1. The molecule has 86 valence electrons. The van der Waals surface area contributed by atoms with Crippen molar-refractivity contribution in [3.63, 3.8) is 0 Å². The van der Waals surface area contributed by atoms with E-state index < -0.39 is 16.8 Å². The molecule has 0 aliphatic rings. The number of hydrogen-bond donors (Lipinski definition) is 0. The maximum Gasteiger partial charge on any atom is 0.331 e. The van der Waals surface area contributed by atoms with Crippen LogP contribution in [0.2, 0.25) is 10.0 Å². The van der Waals surface area contributed by atoms with Crippen molar-refractivity contribution in [1.82, 2.24) is 0 Å². The normalized spacial score (nSPS) is 12.7. The molecule has 3 nitrogen and oxygen atoms in total. The second-order valence-corrected chi connectivity index (χ2v) is 4.85. The molecule has 6 heteroatoms. The van der Waals surface area contributed by atoms with Gasteiger partial charge in [0.05, 0.1) is 27.8 Å². The molecule has 0 spiro atoms. The smallest absolute Gasteiger partial charge is 0.331 e. The van der Waals surface area contributed by atoms with Crippen LogP contribution >= 0.6 is 23.2 Å². The van der Waals surface area contributed by atoms with E-state index in [0.717, 1.165) is 6.08 Å². The Morgan fingerprint density at radius 1 is 1.44 bits per heavy atom. The van der Waals surface area contributed by atoms with E-state index in [0.29, 0.717) is 14.9 Å². The lowest BCUT2D eigenvalue weighted by molar-refractivity contribution is -0.134. The average Bonchev–Trinajstić information content (AvgIpc) is 2.28. The van der Waals surface area contributed by atoms with Crippen LogP contribution in [0.1, 0.15) is 0 Å². The van der Waals surface area contributed by atoms with Gasteiger partial charge < -0.3 is 4.74 Å². The quantitative estimate of drug-likeness (QED) is 0.631. The summed E-state index contributed by atoms with van der Waals surface area (Å²) >= 11 is 11.6. The summed E-state index contributed by atoms with van der Waals surface area (Å²) in [5.41, 5.74) is 0. The summed E-state index contributed by atoms with van der Waals surface area (Å²) in [6.45, 7) is 0. The van der Waals surface area contributed by atoms with Crippen molar-refractivity contribution in [3.8, 4) is 0 Å². The second-order valence-electron chi connectivity index (χ2n) is 2.70. The van der Waals surface area contributed by atoms with Gasteiger partial charge in [-0.05, 0) is 18.2 Å². The van der Waals surface area contributed by atoms with Crippen LogP contribution in [-0.4, -0.2) is 17.3 Å². The van der Waals surface area contributed by atoms with Gasteiger partial charge in [0.1, 0.15) is 0 Å². The zero-order chi connectivity index (χ0) is 12.1. The molecule has 1 rings (SSSR count). The van der Waals surface area contributed by atoms with E-state index in [2.05, 4.69) is 4.74 Å². The van der Waals surface area contributed by atoms with E-state index in [1.54, 1.807) is 12.1 Å². The van der Waals surface area contributed by atoms with E-state index in [1.807, 2.05) is 0 Å². The van der Waals surface area contributed by atoms with Gasteiger partial charge in [-0.1, -0.05) is 23.2 Å². The van der Waals surface area contributed by atoms with Gasteiger partial charge in [0, 0.05) is 16.5 Å². The minimum atomic E-state index is -1.53. The van der Waals surface area contributed by atoms with Crippen molar-refractivity contribution >= 4 is 40.0 Å². The summed E-state index contributed by atoms with van der Waals surface area (Å²) in [6, 6.07) is 4.62. The van der Waals surface area contributed by atoms with Crippen LogP contribution in [0.25, 0.3) is 0 Å². The fourth-order valence-corrected chi connectivity index (χ4v) is 2.36. The van der Waals surface area contributed by atoms with Crippen LogP contribution in [0.5, 0.6) is 0 Å². The van der Waals surface area contributed by atoms with Gasteiger partial charge >= 0.3 is 5.97 Å². The lowest BCUT2D eigenvalue weighted by atomic mass is 10.4. The number of benzene rings is 1. The SMILES string of the molecule is COC(=O)/C=C/S(=O)c1cc(Cl)ccc1Cl. The van der Waals surface area contributed by atoms with E-state index in [-0.39, 0.29) is 0 Å². The van der Waals surface area contributed by atoms with E-state index in [4.69, 9.17) is 23.2 Å². The number of hydrogen-bond acceptors (Lipinski definition) is 3. The van der Waals surface area contributed by atoms with Crippen molar-refractivity contribution in [2.45, 2.75) is 4.90 Å². The van der Waals surface area contributed by atoms with E-state index in [9.17, 15) is 9.00 Å². The zero-order valence-electron chi connectivity index (χ0n) is 8.28. The molecular weight excluding hydrogens is 271 g/mol. The molecule has 0 aliphatic heterocycles. The summed E-state index contributed by atoms with van der Waals surface area (Å²) in [7, 11) is -0.287. The number of ether oxygens (including phenoxy) is 1. The number of carbonyl (C=O) groups is 1. The summed E-state index contributed by atoms with van der Waals surface area (Å²) in [6.07, 6.45) is 1.08. The Hall–Kier alpha value is -0.840. The molecule has 0 saturated carbocycles. The number of rotatable bonds is 3. The van der Waals surface area contributed by atoms with Gasteiger partial charge in [-0.2, -0.15) is 0 Å². The maximum absolute atomic E-state index is 11.7. The van der Waals surface area contributed by atoms with E-state index >= 15 is 0 Å². The van der Waals surface area contributed by atoms with Crippen LogP contribution < -0.4 is 0 Å². The molecule has 1 unspecified atom stereocenters. The fourth-order valence-electron chi connectivity index (χ4n) is 0.890. The van der Waals surface area contributed by atoms with Crippen LogP contribution in [-0.2, 0) is 20.3 Å². The van der Waals surface area contributed by atoms with Gasteiger partial charge in [-0.15, -0.1) is 0 Å². The monoisotopic (exact) mass is 278 g/mol. The highest BCUT2D eigenvalue weighted by atomic mass is 35.5. The topological polar surface area (TPSA) is 43.4 Å². The van der Waals surface area contributed by atoms with Crippen LogP contribution in [0.3, 0.4) is 0 Å². The summed E-state index contributed by atoms with van der Waals surface area (Å²) in [5.74, 6) is -0.577. The largest absolute Gasteiger partial charge is 0.466 e. The Labute approximate surface area is 105 Å². The molecule has 0 N–H and O–H groups in total. The molecular formula is C10H8Cl2O3S. The minimum Gasteiger partial charge on any atom is -0.466 e. The molecule has 16 heavy (non-hydrogen) atoms. The lowest BCUT2D eigenvalue weighted by Crippen LogP contribution is -1.95. The van der Waals surface area contributed by atoms with Gasteiger partial charge in [0.25, 0.3) is 0 Å². The van der Waals surface area contributed by atoms with Gasteiger partial charge in [0.2, 0.25) is 0 Å². The highest BCUT2D eigenvalue weighted by Crippen LogP contribution is 2.24. The molecule has 1 aromatic carbocycles. The third-order valence-corrected chi connectivity index (χ3v) is 3.47. The molecule has 0 radical (unpaired) electrons. The molecule has 1 aromatic rings. The molecule has 0 aromatic heterocycles. The average molecular weight is 279 g/mol. The Kier molecular flexibility index (Phi) is 4.99. The Balaban J connectivity index is 2.92. The Morgan fingerprint density at radius 3 is 2.75 bits per heavy atom. The molecule has 0 bridgehead atoms. The zero-order valence-corrected chi connectivity index (χ0v) is 10.6. The highest BCUT2D eigenvalue weighted by molar-refractivity contribution is 7.88. The minimum absolute atomic E-state index is 0.331. The fraction of sp³-hybridized carbons (Fsp3) is 0.100. The first kappa shape index (κ1) is 13.2. The molecule has 0 aliphatic carbocycles. The first-order valence-corrected chi connectivity index (χ1v) is 6.13. The van der Waals surface area contributed by atoms with Crippen LogP contribution in [0.4, 0.5) is 0 Å². The Morgan fingerprint density at radius 2 is 2.12 bits per heavy atom. The first-order chi connectivity index (χ1) is 7.54. The second kappa shape index (κ2) is 6.03. The van der Waals surface area contributed by atoms with E-state index in [1.165, 1.54) is 18.6 Å². The number of carbonyl (C=O) groups excluding carboxylic acids is 1. The van der Waals surface area contributed by atoms with Crippen LogP contribution in [0.15, 0.2) is 34.6 Å². The summed E-state index contributed by atoms with van der Waals surface area (Å²) in [4.78, 5) is 11.2. The molecule has 0 heterocycles. The molecule has 1 atom stereocenters. The standard InChI is InChI=1S/C10H8Cl2O3S/c1-15-10(13)4-5-16(14)9-6-7(11)2-3-8(9)12/h2-6H,1H3/b5-4+. The predicted octanol–water partition coefficient (Wildman–Crippen LogP) is 2.79. The van der Waals surface area contributed by atoms with Gasteiger partial charge in [-0.3, -0.25) is 0 Å². The van der Waals surface area contributed by atoms with Crippen molar-refractivity contribution < 1.29 is 13.7 Å². The number of methoxy groups -OCH3 is 1. The van der Waals surface area contributed by atoms with Crippen molar-refractivity contribution in [2.75, 3.05) is 7.11 Å². The molecule has 0 amide bonds. The predicted molar refractivity (Wildman–Crippen MR) is 64.0 cm³/mol. The first-order valence-electron chi connectivity index (χ1n) is 4.16. The van der Waals surface area contributed by atoms with Crippen molar-refractivity contribution in [3.05, 3.63) is 39.7 Å².